The van der Waals surface area contributed by atoms with Crippen molar-refractivity contribution in [1.82, 2.24) is 14.7 Å². The molecule has 1 aromatic heterocycles. The molecule has 1 aromatic rings. The topological polar surface area (TPSA) is 41.3 Å². The third kappa shape index (κ3) is 3.07. The summed E-state index contributed by atoms with van der Waals surface area (Å²) in [4.78, 5) is 2.55. The summed E-state index contributed by atoms with van der Waals surface area (Å²) in [5.41, 5.74) is 1.35. The maximum atomic E-state index is 10.2. The lowest BCUT2D eigenvalue weighted by Gasteiger charge is -2.41. The quantitative estimate of drug-likeness (QED) is 0.918. The van der Waals surface area contributed by atoms with Crippen LogP contribution in [0.25, 0.3) is 0 Å². The Bertz CT molecular complexity index is 423. The first kappa shape index (κ1) is 14.1. The molecule has 112 valence electrons. The second-order valence-electron chi connectivity index (χ2n) is 6.55. The van der Waals surface area contributed by atoms with Gasteiger partial charge in [-0.1, -0.05) is 12.8 Å². The van der Waals surface area contributed by atoms with Gasteiger partial charge in [0.2, 0.25) is 0 Å². The maximum absolute atomic E-state index is 10.2. The molecule has 2 fully saturated rings. The predicted molar refractivity (Wildman–Crippen MR) is 79.5 cm³/mol. The number of aliphatic hydroxyl groups excluding tert-OH is 1. The first-order valence-electron chi connectivity index (χ1n) is 8.13. The zero-order chi connectivity index (χ0) is 13.9. The van der Waals surface area contributed by atoms with Crippen LogP contribution in [-0.2, 0) is 13.5 Å². The van der Waals surface area contributed by atoms with Gasteiger partial charge in [0.05, 0.1) is 6.10 Å². The van der Waals surface area contributed by atoms with E-state index in [0.29, 0.717) is 6.04 Å². The number of rotatable bonds is 3. The Morgan fingerprint density at radius 1 is 1.20 bits per heavy atom. The summed E-state index contributed by atoms with van der Waals surface area (Å²) in [5, 5.41) is 14.4. The molecule has 0 amide bonds. The highest BCUT2D eigenvalue weighted by molar-refractivity contribution is 5.02. The van der Waals surface area contributed by atoms with Crippen molar-refractivity contribution in [2.45, 2.75) is 57.1 Å². The van der Waals surface area contributed by atoms with E-state index in [-0.39, 0.29) is 6.10 Å². The summed E-state index contributed by atoms with van der Waals surface area (Å²) < 4.78 is 2.00. The van der Waals surface area contributed by atoms with E-state index in [1.54, 1.807) is 0 Å². The van der Waals surface area contributed by atoms with Gasteiger partial charge < -0.3 is 5.11 Å². The fourth-order valence-electron chi connectivity index (χ4n) is 3.90. The van der Waals surface area contributed by atoms with E-state index in [2.05, 4.69) is 16.1 Å². The lowest BCUT2D eigenvalue weighted by molar-refractivity contribution is 0.00395. The molecule has 20 heavy (non-hydrogen) atoms. The summed E-state index contributed by atoms with van der Waals surface area (Å²) in [7, 11) is 2.03. The van der Waals surface area contributed by atoms with Gasteiger partial charge in [-0.25, -0.2) is 0 Å². The Labute approximate surface area is 121 Å². The third-order valence-electron chi connectivity index (χ3n) is 5.23. The molecule has 2 atom stereocenters. The van der Waals surface area contributed by atoms with Crippen LogP contribution in [0.4, 0.5) is 0 Å². The number of aromatic nitrogens is 2. The number of nitrogens with zero attached hydrogens (tertiary/aromatic N) is 3. The van der Waals surface area contributed by atoms with Crippen LogP contribution >= 0.6 is 0 Å². The fourth-order valence-corrected chi connectivity index (χ4v) is 3.90. The zero-order valence-corrected chi connectivity index (χ0v) is 12.5. The summed E-state index contributed by atoms with van der Waals surface area (Å²) >= 11 is 0. The van der Waals surface area contributed by atoms with E-state index in [4.69, 9.17) is 0 Å². The van der Waals surface area contributed by atoms with Crippen molar-refractivity contribution in [1.29, 1.82) is 0 Å². The molecule has 0 unspecified atom stereocenters. The zero-order valence-electron chi connectivity index (χ0n) is 12.5. The molecule has 0 aromatic carbocycles. The van der Waals surface area contributed by atoms with Gasteiger partial charge in [-0.05, 0) is 57.2 Å². The molecule has 2 heterocycles. The standard InChI is InChI=1S/C16H27N3O/c1-18-14(6-9-17-18)12-13-7-10-19(11-8-13)15-4-2-3-5-16(15)20/h6,9,13,15-16,20H,2-5,7-8,10-12H2,1H3/t15-,16-/m0/s1. The Hall–Kier alpha value is -0.870. The van der Waals surface area contributed by atoms with E-state index in [1.165, 1.54) is 37.8 Å². The Morgan fingerprint density at radius 2 is 1.95 bits per heavy atom. The van der Waals surface area contributed by atoms with Gasteiger partial charge in [0, 0.05) is 25.0 Å². The molecule has 3 rings (SSSR count). The van der Waals surface area contributed by atoms with Gasteiger partial charge >= 0.3 is 0 Å². The highest BCUT2D eigenvalue weighted by atomic mass is 16.3. The number of aliphatic hydroxyl groups is 1. The van der Waals surface area contributed by atoms with Gasteiger partial charge in [-0.2, -0.15) is 5.10 Å². The molecule has 0 radical (unpaired) electrons. The van der Waals surface area contributed by atoms with Crippen LogP contribution in [0.2, 0.25) is 0 Å². The molecule has 2 aliphatic rings. The molecular weight excluding hydrogens is 250 g/mol. The lowest BCUT2D eigenvalue weighted by atomic mass is 9.87. The SMILES string of the molecule is Cn1nccc1CC1CCN([C@H]2CCCC[C@@H]2O)CC1. The van der Waals surface area contributed by atoms with E-state index < -0.39 is 0 Å². The highest BCUT2D eigenvalue weighted by Crippen LogP contribution is 2.28. The number of hydrogen-bond acceptors (Lipinski definition) is 3. The smallest absolute Gasteiger partial charge is 0.0695 e. The first-order valence-corrected chi connectivity index (χ1v) is 8.13. The minimum Gasteiger partial charge on any atom is -0.391 e. The van der Waals surface area contributed by atoms with Crippen molar-refractivity contribution in [3.05, 3.63) is 18.0 Å². The third-order valence-corrected chi connectivity index (χ3v) is 5.23. The second kappa shape index (κ2) is 6.27. The Morgan fingerprint density at radius 3 is 2.60 bits per heavy atom. The van der Waals surface area contributed by atoms with Gasteiger partial charge in [-0.15, -0.1) is 0 Å². The average molecular weight is 277 g/mol. The molecule has 1 aliphatic heterocycles. The number of piperidine rings is 1. The minimum atomic E-state index is -0.0858. The Kier molecular flexibility index (Phi) is 4.41. The fraction of sp³-hybridized carbons (Fsp3) is 0.812. The van der Waals surface area contributed by atoms with E-state index in [0.717, 1.165) is 31.8 Å². The van der Waals surface area contributed by atoms with Gasteiger partial charge in [0.25, 0.3) is 0 Å². The van der Waals surface area contributed by atoms with Crippen molar-refractivity contribution in [3.8, 4) is 0 Å². The first-order chi connectivity index (χ1) is 9.74. The maximum Gasteiger partial charge on any atom is 0.0695 e. The summed E-state index contributed by atoms with van der Waals surface area (Å²) in [6, 6.07) is 2.57. The number of hydrogen-bond donors (Lipinski definition) is 1. The molecular formula is C16H27N3O. The van der Waals surface area contributed by atoms with Gasteiger partial charge in [0.1, 0.15) is 0 Å². The highest BCUT2D eigenvalue weighted by Gasteiger charge is 2.31. The van der Waals surface area contributed by atoms with Crippen LogP contribution in [0.15, 0.2) is 12.3 Å². The van der Waals surface area contributed by atoms with Gasteiger partial charge in [0.15, 0.2) is 0 Å². The summed E-state index contributed by atoms with van der Waals surface area (Å²) in [5.74, 6) is 0.780. The largest absolute Gasteiger partial charge is 0.391 e. The van der Waals surface area contributed by atoms with E-state index >= 15 is 0 Å². The predicted octanol–water partition coefficient (Wildman–Crippen LogP) is 1.98. The molecule has 0 bridgehead atoms. The number of aryl methyl sites for hydroxylation is 1. The second-order valence-corrected chi connectivity index (χ2v) is 6.55. The molecule has 4 heteroatoms. The van der Waals surface area contributed by atoms with Crippen LogP contribution in [-0.4, -0.2) is 45.0 Å². The molecule has 0 spiro atoms. The molecule has 1 saturated heterocycles. The number of likely N-dealkylation sites (tertiary alicyclic amines) is 1. The Balaban J connectivity index is 1.50. The molecule has 1 saturated carbocycles. The van der Waals surface area contributed by atoms with E-state index in [9.17, 15) is 5.11 Å². The van der Waals surface area contributed by atoms with Crippen LogP contribution in [0, 0.1) is 5.92 Å². The normalized spacial score (nSPS) is 29.7. The monoisotopic (exact) mass is 277 g/mol. The average Bonchev–Trinajstić information content (AvgIpc) is 2.86. The van der Waals surface area contributed by atoms with Gasteiger partial charge in [-0.3, -0.25) is 9.58 Å². The van der Waals surface area contributed by atoms with Crippen LogP contribution in [0.5, 0.6) is 0 Å². The summed E-state index contributed by atoms with van der Waals surface area (Å²) in [6.45, 7) is 2.31. The molecule has 1 N–H and O–H groups in total. The molecule has 4 nitrogen and oxygen atoms in total. The van der Waals surface area contributed by atoms with Crippen molar-refractivity contribution < 1.29 is 5.11 Å². The van der Waals surface area contributed by atoms with Crippen molar-refractivity contribution in [3.63, 3.8) is 0 Å². The van der Waals surface area contributed by atoms with Crippen molar-refractivity contribution in [2.24, 2.45) is 13.0 Å². The molecule has 1 aliphatic carbocycles. The van der Waals surface area contributed by atoms with Crippen LogP contribution in [0.1, 0.15) is 44.2 Å². The van der Waals surface area contributed by atoms with Crippen molar-refractivity contribution in [2.75, 3.05) is 13.1 Å². The van der Waals surface area contributed by atoms with Crippen LogP contribution < -0.4 is 0 Å². The minimum absolute atomic E-state index is 0.0858. The van der Waals surface area contributed by atoms with Crippen molar-refractivity contribution >= 4 is 0 Å². The van der Waals surface area contributed by atoms with E-state index in [1.807, 2.05) is 17.9 Å². The summed E-state index contributed by atoms with van der Waals surface area (Å²) in [6.07, 6.45) is 10.2. The van der Waals surface area contributed by atoms with Crippen LogP contribution in [0.3, 0.4) is 0 Å². The lowest BCUT2D eigenvalue weighted by Crippen LogP contribution is -2.49.